The van der Waals surface area contributed by atoms with Gasteiger partial charge in [-0.25, -0.2) is 4.98 Å². The molecule has 3 aromatic rings. The van der Waals surface area contributed by atoms with Gasteiger partial charge < -0.3 is 14.7 Å². The molecule has 1 atom stereocenters. The van der Waals surface area contributed by atoms with E-state index in [1.165, 1.54) is 36.3 Å². The van der Waals surface area contributed by atoms with Crippen LogP contribution in [0.25, 0.3) is 11.4 Å². The second-order valence-electron chi connectivity index (χ2n) is 7.31. The average molecular weight is 436 g/mol. The van der Waals surface area contributed by atoms with Crippen LogP contribution in [0.1, 0.15) is 23.0 Å². The van der Waals surface area contributed by atoms with Crippen molar-refractivity contribution in [2.45, 2.75) is 13.0 Å². The Bertz CT molecular complexity index is 1260. The molecule has 10 nitrogen and oxygen atoms in total. The summed E-state index contributed by atoms with van der Waals surface area (Å²) in [5.74, 6) is -1.98. The van der Waals surface area contributed by atoms with E-state index in [0.717, 1.165) is 0 Å². The summed E-state index contributed by atoms with van der Waals surface area (Å²) in [7, 11) is 1.47. The van der Waals surface area contributed by atoms with Crippen LogP contribution in [0.4, 0.5) is 5.69 Å². The Labute approximate surface area is 182 Å². The van der Waals surface area contributed by atoms with E-state index in [1.807, 2.05) is 0 Å². The number of hydrogen-bond donors (Lipinski definition) is 1. The largest absolute Gasteiger partial charge is 0.505 e. The summed E-state index contributed by atoms with van der Waals surface area (Å²) in [6, 6.07) is 9.93. The minimum Gasteiger partial charge on any atom is -0.505 e. The fourth-order valence-electron chi connectivity index (χ4n) is 3.95. The molecule has 1 aromatic carbocycles. The van der Waals surface area contributed by atoms with Gasteiger partial charge >= 0.3 is 0 Å². The van der Waals surface area contributed by atoms with Crippen molar-refractivity contribution >= 4 is 28.8 Å². The number of ketones is 1. The number of fused-ring (bicyclic) bond motifs is 1. The Balaban J connectivity index is 1.92. The lowest BCUT2D eigenvalue weighted by Crippen LogP contribution is -2.32. The minimum atomic E-state index is -0.931. The maximum atomic E-state index is 13.0. The molecule has 3 heterocycles. The van der Waals surface area contributed by atoms with Crippen molar-refractivity contribution in [1.29, 1.82) is 0 Å². The number of hydrogen-bond acceptors (Lipinski definition) is 7. The number of nitrogens with zero attached hydrogens (tertiary/aromatic N) is 4. The number of ether oxygens (including phenoxy) is 1. The van der Waals surface area contributed by atoms with Crippen LogP contribution in [0.3, 0.4) is 0 Å². The summed E-state index contributed by atoms with van der Waals surface area (Å²) in [5.41, 5.74) is 1.59. The van der Waals surface area contributed by atoms with Gasteiger partial charge in [-0.15, -0.1) is 0 Å². The molecule has 1 aliphatic heterocycles. The van der Waals surface area contributed by atoms with Crippen LogP contribution in [-0.2, 0) is 14.3 Å². The third-order valence-corrected chi connectivity index (χ3v) is 5.42. The highest BCUT2D eigenvalue weighted by Gasteiger charge is 2.46. The van der Waals surface area contributed by atoms with E-state index < -0.39 is 22.7 Å². The molecule has 10 heteroatoms. The van der Waals surface area contributed by atoms with E-state index in [-0.39, 0.29) is 30.2 Å². The smallest absolute Gasteiger partial charge is 0.295 e. The van der Waals surface area contributed by atoms with Gasteiger partial charge in [0.1, 0.15) is 11.3 Å². The first-order chi connectivity index (χ1) is 15.3. The lowest BCUT2D eigenvalue weighted by Gasteiger charge is -2.25. The SMILES string of the molecule is COCCN1C(=O)C(=O)/C(=C(/O)c2c(C)nc3ccccn23)C1c1ccc([N+](=O)[O-])cc1. The number of non-ortho nitro benzene ring substituents is 1. The zero-order valence-corrected chi connectivity index (χ0v) is 17.4. The summed E-state index contributed by atoms with van der Waals surface area (Å²) in [6.45, 7) is 1.97. The summed E-state index contributed by atoms with van der Waals surface area (Å²) >= 11 is 0. The van der Waals surface area contributed by atoms with E-state index in [0.29, 0.717) is 22.6 Å². The normalized spacial score (nSPS) is 17.9. The Kier molecular flexibility index (Phi) is 5.45. The summed E-state index contributed by atoms with van der Waals surface area (Å²) in [4.78, 5) is 42.1. The predicted molar refractivity (Wildman–Crippen MR) is 114 cm³/mol. The van der Waals surface area contributed by atoms with Crippen molar-refractivity contribution in [3.63, 3.8) is 0 Å². The van der Waals surface area contributed by atoms with Crippen molar-refractivity contribution in [3.8, 4) is 0 Å². The molecule has 32 heavy (non-hydrogen) atoms. The number of likely N-dealkylation sites (tertiary alicyclic amines) is 1. The highest BCUT2D eigenvalue weighted by molar-refractivity contribution is 6.46. The van der Waals surface area contributed by atoms with Gasteiger partial charge in [0.05, 0.1) is 28.8 Å². The van der Waals surface area contributed by atoms with Gasteiger partial charge in [0, 0.05) is 32.0 Å². The monoisotopic (exact) mass is 436 g/mol. The maximum Gasteiger partial charge on any atom is 0.295 e. The molecule has 0 bridgehead atoms. The van der Waals surface area contributed by atoms with E-state index >= 15 is 0 Å². The van der Waals surface area contributed by atoms with Crippen LogP contribution < -0.4 is 0 Å². The van der Waals surface area contributed by atoms with Gasteiger partial charge in [-0.2, -0.15) is 0 Å². The number of amides is 1. The number of aryl methyl sites for hydroxylation is 1. The van der Waals surface area contributed by atoms with E-state index in [4.69, 9.17) is 4.74 Å². The van der Waals surface area contributed by atoms with Gasteiger partial charge in [-0.3, -0.25) is 24.1 Å². The molecule has 164 valence electrons. The Hall–Kier alpha value is -4.05. The first kappa shape index (κ1) is 21.2. The lowest BCUT2D eigenvalue weighted by molar-refractivity contribution is -0.384. The second-order valence-corrected chi connectivity index (χ2v) is 7.31. The highest BCUT2D eigenvalue weighted by Crippen LogP contribution is 2.40. The lowest BCUT2D eigenvalue weighted by atomic mass is 9.96. The van der Waals surface area contributed by atoms with Crippen LogP contribution in [0.15, 0.2) is 54.2 Å². The van der Waals surface area contributed by atoms with Crippen molar-refractivity contribution in [1.82, 2.24) is 14.3 Å². The van der Waals surface area contributed by atoms with E-state index in [9.17, 15) is 24.8 Å². The molecule has 0 saturated carbocycles. The molecule has 1 amide bonds. The van der Waals surface area contributed by atoms with Crippen LogP contribution in [0.2, 0.25) is 0 Å². The number of nitro benzene ring substituents is 1. The van der Waals surface area contributed by atoms with Crippen molar-refractivity contribution in [2.24, 2.45) is 0 Å². The molecule has 1 saturated heterocycles. The summed E-state index contributed by atoms with van der Waals surface area (Å²) in [5, 5.41) is 22.3. The zero-order chi connectivity index (χ0) is 23.0. The van der Waals surface area contributed by atoms with Crippen LogP contribution in [0.5, 0.6) is 0 Å². The Morgan fingerprint density at radius 1 is 1.22 bits per heavy atom. The summed E-state index contributed by atoms with van der Waals surface area (Å²) in [6.07, 6.45) is 1.70. The second kappa shape index (κ2) is 8.23. The first-order valence-corrected chi connectivity index (χ1v) is 9.81. The number of carbonyl (C=O) groups excluding carboxylic acids is 2. The molecule has 1 N–H and O–H groups in total. The first-order valence-electron chi connectivity index (χ1n) is 9.81. The standard InChI is InChI=1S/C22H20N4O6/c1-13-18(24-10-4-3-5-16(24)23-13)20(27)17-19(14-6-8-15(9-7-14)26(30)31)25(11-12-32-2)22(29)21(17)28/h3-10,19,27H,11-12H2,1-2H3/b20-17+. The molecule has 1 unspecified atom stereocenters. The number of aliphatic hydroxyl groups is 1. The highest BCUT2D eigenvalue weighted by atomic mass is 16.6. The Morgan fingerprint density at radius 2 is 1.94 bits per heavy atom. The molecule has 0 aliphatic carbocycles. The molecule has 1 aliphatic rings. The fourth-order valence-corrected chi connectivity index (χ4v) is 3.95. The third-order valence-electron chi connectivity index (χ3n) is 5.42. The molecule has 0 spiro atoms. The molecular formula is C22H20N4O6. The van der Waals surface area contributed by atoms with Crippen molar-refractivity contribution < 1.29 is 24.4 Å². The summed E-state index contributed by atoms with van der Waals surface area (Å²) < 4.78 is 6.72. The number of imidazole rings is 1. The number of carbonyl (C=O) groups is 2. The molecule has 1 fully saturated rings. The number of benzene rings is 1. The van der Waals surface area contributed by atoms with Crippen LogP contribution in [0, 0.1) is 17.0 Å². The number of Topliss-reactive ketones (excluding diaryl/α,β-unsaturated/α-hetero) is 1. The number of aliphatic hydroxyl groups excluding tert-OH is 1. The van der Waals surface area contributed by atoms with Crippen LogP contribution >= 0.6 is 0 Å². The predicted octanol–water partition coefficient (Wildman–Crippen LogP) is 2.62. The van der Waals surface area contributed by atoms with Crippen LogP contribution in [-0.4, -0.2) is 56.3 Å². The molecule has 2 aromatic heterocycles. The van der Waals surface area contributed by atoms with Crippen molar-refractivity contribution in [2.75, 3.05) is 20.3 Å². The quantitative estimate of drug-likeness (QED) is 0.207. The number of nitro groups is 1. The third kappa shape index (κ3) is 3.40. The number of aromatic nitrogens is 2. The fraction of sp³-hybridized carbons (Fsp3) is 0.227. The number of rotatable bonds is 6. The van der Waals surface area contributed by atoms with E-state index in [2.05, 4.69) is 4.98 Å². The van der Waals surface area contributed by atoms with Gasteiger partial charge in [-0.05, 0) is 36.8 Å². The minimum absolute atomic E-state index is 0.103. The average Bonchev–Trinajstić information content (AvgIpc) is 3.25. The van der Waals surface area contributed by atoms with Gasteiger partial charge in [-0.1, -0.05) is 6.07 Å². The van der Waals surface area contributed by atoms with Gasteiger partial charge in [0.15, 0.2) is 5.76 Å². The number of pyridine rings is 1. The Morgan fingerprint density at radius 3 is 2.59 bits per heavy atom. The van der Waals surface area contributed by atoms with Gasteiger partial charge in [0.2, 0.25) is 0 Å². The topological polar surface area (TPSA) is 127 Å². The van der Waals surface area contributed by atoms with Gasteiger partial charge in [0.25, 0.3) is 17.4 Å². The van der Waals surface area contributed by atoms with Crippen molar-refractivity contribution in [3.05, 3.63) is 81.3 Å². The molecule has 0 radical (unpaired) electrons. The maximum absolute atomic E-state index is 13.0. The molecular weight excluding hydrogens is 416 g/mol. The number of methoxy groups -OCH3 is 1. The zero-order valence-electron chi connectivity index (χ0n) is 17.4. The molecule has 4 rings (SSSR count). The van der Waals surface area contributed by atoms with E-state index in [1.54, 1.807) is 35.7 Å².